The van der Waals surface area contributed by atoms with E-state index < -0.39 is 6.10 Å². The number of anilines is 1. The van der Waals surface area contributed by atoms with Crippen LogP contribution in [0.15, 0.2) is 42.5 Å². The van der Waals surface area contributed by atoms with Crippen molar-refractivity contribution in [2.24, 2.45) is 0 Å². The van der Waals surface area contributed by atoms with E-state index in [1.54, 1.807) is 7.11 Å². The average Bonchev–Trinajstić information content (AvgIpc) is 2.75. The van der Waals surface area contributed by atoms with Gasteiger partial charge < -0.3 is 19.5 Å². The number of halogens is 1. The van der Waals surface area contributed by atoms with E-state index in [4.69, 9.17) is 21.1 Å². The van der Waals surface area contributed by atoms with Gasteiger partial charge in [0.1, 0.15) is 12.7 Å². The Bertz CT molecular complexity index is 864. The molecule has 30 heavy (non-hydrogen) atoms. The number of hydrogen-bond acceptors (Lipinski definition) is 5. The summed E-state index contributed by atoms with van der Waals surface area (Å²) in [6.07, 6.45) is 3.42. The summed E-state index contributed by atoms with van der Waals surface area (Å²) < 4.78 is 11.3. The topological polar surface area (TPSA) is 45.2 Å². The minimum Gasteiger partial charge on any atom is -0.493 e. The van der Waals surface area contributed by atoms with E-state index in [0.717, 1.165) is 36.8 Å². The summed E-state index contributed by atoms with van der Waals surface area (Å²) in [7, 11) is 1.62. The SMILES string of the molecule is C/C=C/c1ccc(OC[C@@H](O)CN2CCN(c3cc(Cl)ccc3C)CC2)c(OC)c1. The Morgan fingerprint density at radius 3 is 2.57 bits per heavy atom. The van der Waals surface area contributed by atoms with Crippen molar-refractivity contribution in [2.75, 3.05) is 51.3 Å². The molecular formula is C24H31ClN2O3. The van der Waals surface area contributed by atoms with Gasteiger partial charge in [0.25, 0.3) is 0 Å². The van der Waals surface area contributed by atoms with Crippen molar-refractivity contribution in [2.45, 2.75) is 20.0 Å². The van der Waals surface area contributed by atoms with Crippen LogP contribution in [0, 0.1) is 6.92 Å². The van der Waals surface area contributed by atoms with Crippen LogP contribution < -0.4 is 14.4 Å². The van der Waals surface area contributed by atoms with Crippen LogP contribution in [-0.2, 0) is 0 Å². The van der Waals surface area contributed by atoms with Crippen LogP contribution in [0.25, 0.3) is 6.08 Å². The maximum Gasteiger partial charge on any atom is 0.161 e. The number of nitrogens with zero attached hydrogens (tertiary/aromatic N) is 2. The zero-order valence-corrected chi connectivity index (χ0v) is 18.7. The van der Waals surface area contributed by atoms with Gasteiger partial charge in [-0.25, -0.2) is 0 Å². The first-order valence-corrected chi connectivity index (χ1v) is 10.7. The molecule has 1 aliphatic rings. The summed E-state index contributed by atoms with van der Waals surface area (Å²) in [5.41, 5.74) is 3.48. The number of rotatable bonds is 8. The van der Waals surface area contributed by atoms with Crippen LogP contribution in [0.3, 0.4) is 0 Å². The van der Waals surface area contributed by atoms with Gasteiger partial charge in [-0.3, -0.25) is 4.90 Å². The quantitative estimate of drug-likeness (QED) is 0.678. The first kappa shape index (κ1) is 22.5. The third-order valence-electron chi connectivity index (χ3n) is 5.33. The van der Waals surface area contributed by atoms with Crippen molar-refractivity contribution in [3.05, 3.63) is 58.6 Å². The molecule has 5 nitrogen and oxygen atoms in total. The smallest absolute Gasteiger partial charge is 0.161 e. The Morgan fingerprint density at radius 2 is 1.87 bits per heavy atom. The molecule has 0 aliphatic carbocycles. The Labute approximate surface area is 184 Å². The number of ether oxygens (including phenoxy) is 2. The predicted octanol–water partition coefficient (Wildman–Crippen LogP) is 4.25. The normalized spacial score (nSPS) is 16.1. The maximum atomic E-state index is 10.5. The standard InChI is InChI=1S/C24H31ClN2O3/c1-4-5-19-7-9-23(24(14-19)29-3)30-17-21(28)16-26-10-12-27(13-11-26)22-15-20(25)8-6-18(22)2/h4-9,14-15,21,28H,10-13,16-17H2,1-3H3/b5-4+/t21-/m0/s1. The fourth-order valence-corrected chi connectivity index (χ4v) is 3.90. The number of methoxy groups -OCH3 is 1. The summed E-state index contributed by atoms with van der Waals surface area (Å²) in [6.45, 7) is 8.51. The second-order valence-corrected chi connectivity index (χ2v) is 8.03. The molecule has 1 aliphatic heterocycles. The van der Waals surface area contributed by atoms with E-state index in [1.165, 1.54) is 11.3 Å². The summed E-state index contributed by atoms with van der Waals surface area (Å²) in [4.78, 5) is 4.63. The Kier molecular flexibility index (Phi) is 8.02. The van der Waals surface area contributed by atoms with Crippen molar-refractivity contribution in [3.8, 4) is 11.5 Å². The predicted molar refractivity (Wildman–Crippen MR) is 124 cm³/mol. The molecule has 1 N–H and O–H groups in total. The summed E-state index contributed by atoms with van der Waals surface area (Å²) in [5, 5.41) is 11.2. The van der Waals surface area contributed by atoms with E-state index in [0.29, 0.717) is 18.0 Å². The van der Waals surface area contributed by atoms with E-state index in [1.807, 2.05) is 49.4 Å². The minimum atomic E-state index is -0.565. The van der Waals surface area contributed by atoms with Gasteiger partial charge in [0.05, 0.1) is 7.11 Å². The van der Waals surface area contributed by atoms with Gasteiger partial charge in [-0.05, 0) is 49.2 Å². The summed E-state index contributed by atoms with van der Waals surface area (Å²) in [6, 6.07) is 11.8. The van der Waals surface area contributed by atoms with Gasteiger partial charge in [-0.15, -0.1) is 0 Å². The van der Waals surface area contributed by atoms with Crippen LogP contribution in [0.4, 0.5) is 5.69 Å². The number of β-amino-alcohol motifs (C(OH)–C–C–N with tert-alkyl or cyclic N) is 1. The molecule has 0 saturated carbocycles. The number of aliphatic hydroxyl groups excluding tert-OH is 1. The number of piperazine rings is 1. The van der Waals surface area contributed by atoms with Gasteiger partial charge in [-0.2, -0.15) is 0 Å². The summed E-state index contributed by atoms with van der Waals surface area (Å²) in [5.74, 6) is 1.31. The first-order valence-electron chi connectivity index (χ1n) is 10.3. The van der Waals surface area contributed by atoms with Gasteiger partial charge in [0, 0.05) is 43.4 Å². The van der Waals surface area contributed by atoms with Crippen molar-refractivity contribution < 1.29 is 14.6 Å². The average molecular weight is 431 g/mol. The number of benzene rings is 2. The van der Waals surface area contributed by atoms with Gasteiger partial charge in [-0.1, -0.05) is 35.9 Å². The Morgan fingerprint density at radius 1 is 1.10 bits per heavy atom. The third-order valence-corrected chi connectivity index (χ3v) is 5.57. The molecule has 6 heteroatoms. The molecule has 0 spiro atoms. The molecule has 1 heterocycles. The van der Waals surface area contributed by atoms with Crippen LogP contribution in [0.1, 0.15) is 18.1 Å². The fourth-order valence-electron chi connectivity index (χ4n) is 3.73. The molecule has 0 unspecified atom stereocenters. The lowest BCUT2D eigenvalue weighted by Gasteiger charge is -2.37. The number of allylic oxidation sites excluding steroid dienone is 1. The molecule has 0 bridgehead atoms. The molecule has 2 aromatic carbocycles. The zero-order valence-electron chi connectivity index (χ0n) is 18.0. The van der Waals surface area contributed by atoms with Crippen LogP contribution in [0.5, 0.6) is 11.5 Å². The summed E-state index contributed by atoms with van der Waals surface area (Å²) >= 11 is 6.17. The largest absolute Gasteiger partial charge is 0.493 e. The molecule has 1 atom stereocenters. The highest BCUT2D eigenvalue weighted by Crippen LogP contribution is 2.29. The van der Waals surface area contributed by atoms with Gasteiger partial charge in [0.15, 0.2) is 11.5 Å². The zero-order chi connectivity index (χ0) is 21.5. The molecule has 2 aromatic rings. The number of hydrogen-bond donors (Lipinski definition) is 1. The fraction of sp³-hybridized carbons (Fsp3) is 0.417. The van der Waals surface area contributed by atoms with Crippen molar-refractivity contribution in [1.29, 1.82) is 0 Å². The van der Waals surface area contributed by atoms with Crippen LogP contribution in [-0.4, -0.2) is 62.6 Å². The lowest BCUT2D eigenvalue weighted by molar-refractivity contribution is 0.0653. The molecule has 0 aromatic heterocycles. The van der Waals surface area contributed by atoms with Crippen LogP contribution in [0.2, 0.25) is 5.02 Å². The second-order valence-electron chi connectivity index (χ2n) is 7.59. The Hall–Kier alpha value is -2.21. The van der Waals surface area contributed by atoms with E-state index >= 15 is 0 Å². The van der Waals surface area contributed by atoms with E-state index in [-0.39, 0.29) is 6.61 Å². The van der Waals surface area contributed by atoms with Crippen molar-refractivity contribution >= 4 is 23.4 Å². The lowest BCUT2D eigenvalue weighted by Crippen LogP contribution is -2.49. The minimum absolute atomic E-state index is 0.229. The molecule has 0 radical (unpaired) electrons. The first-order chi connectivity index (χ1) is 14.5. The van der Waals surface area contributed by atoms with E-state index in [2.05, 4.69) is 22.8 Å². The van der Waals surface area contributed by atoms with Crippen LogP contribution >= 0.6 is 11.6 Å². The molecule has 3 rings (SSSR count). The number of aryl methyl sites for hydroxylation is 1. The van der Waals surface area contributed by atoms with Crippen molar-refractivity contribution in [3.63, 3.8) is 0 Å². The molecule has 1 saturated heterocycles. The highest BCUT2D eigenvalue weighted by molar-refractivity contribution is 6.30. The van der Waals surface area contributed by atoms with Crippen molar-refractivity contribution in [1.82, 2.24) is 4.90 Å². The second kappa shape index (κ2) is 10.7. The Balaban J connectivity index is 1.48. The molecule has 162 valence electrons. The van der Waals surface area contributed by atoms with Gasteiger partial charge >= 0.3 is 0 Å². The van der Waals surface area contributed by atoms with Gasteiger partial charge in [0.2, 0.25) is 0 Å². The highest BCUT2D eigenvalue weighted by atomic mass is 35.5. The molecule has 1 fully saturated rings. The molecule has 0 amide bonds. The third kappa shape index (κ3) is 5.91. The monoisotopic (exact) mass is 430 g/mol. The maximum absolute atomic E-state index is 10.5. The number of aliphatic hydroxyl groups is 1. The lowest BCUT2D eigenvalue weighted by atomic mass is 10.1. The highest BCUT2D eigenvalue weighted by Gasteiger charge is 2.21. The van der Waals surface area contributed by atoms with E-state index in [9.17, 15) is 5.11 Å². The molecular weight excluding hydrogens is 400 g/mol.